The molecule has 1 aliphatic heterocycles. The van der Waals surface area contributed by atoms with E-state index >= 15 is 0 Å². The van der Waals surface area contributed by atoms with Gasteiger partial charge in [-0.15, -0.1) is 0 Å². The lowest BCUT2D eigenvalue weighted by Gasteiger charge is -2.34. The fraction of sp³-hybridized carbons (Fsp3) is 0.500. The fourth-order valence-corrected chi connectivity index (χ4v) is 3.10. The average molecular weight is 327 g/mol. The Labute approximate surface area is 142 Å². The zero-order valence-electron chi connectivity index (χ0n) is 13.9. The van der Waals surface area contributed by atoms with Crippen LogP contribution in [0.1, 0.15) is 25.3 Å². The van der Waals surface area contributed by atoms with E-state index in [1.807, 2.05) is 11.8 Å². The fourth-order valence-electron chi connectivity index (χ4n) is 3.10. The molecule has 3 rings (SSSR count). The maximum Gasteiger partial charge on any atom is 0.282 e. The number of rotatable bonds is 4. The monoisotopic (exact) mass is 327 g/mol. The lowest BCUT2D eigenvalue weighted by atomic mass is 10.2. The van der Waals surface area contributed by atoms with Crippen molar-refractivity contribution >= 4 is 17.5 Å². The molecule has 2 N–H and O–H groups in total. The van der Waals surface area contributed by atoms with Gasteiger partial charge in [0.1, 0.15) is 0 Å². The molecule has 0 spiro atoms. The van der Waals surface area contributed by atoms with Crippen LogP contribution < -0.4 is 10.2 Å². The van der Waals surface area contributed by atoms with E-state index in [2.05, 4.69) is 11.4 Å². The highest BCUT2D eigenvalue weighted by Gasteiger charge is 2.37. The zero-order chi connectivity index (χ0) is 17.1. The molecule has 0 unspecified atom stereocenters. The number of quaternary nitrogens is 1. The third-order valence-corrected chi connectivity index (χ3v) is 4.93. The number of anilines is 1. The van der Waals surface area contributed by atoms with E-state index in [9.17, 15) is 9.59 Å². The summed E-state index contributed by atoms with van der Waals surface area (Å²) in [6.07, 6.45) is 2.07. The zero-order valence-corrected chi connectivity index (χ0v) is 13.9. The molecule has 2 fully saturated rings. The summed E-state index contributed by atoms with van der Waals surface area (Å²) in [7, 11) is 0. The van der Waals surface area contributed by atoms with Crippen molar-refractivity contribution in [3.63, 3.8) is 0 Å². The smallest absolute Gasteiger partial charge is 0.282 e. The van der Waals surface area contributed by atoms with Gasteiger partial charge in [0.2, 0.25) is 5.91 Å². The molecular weight excluding hydrogens is 304 g/mol. The number of carbonyl (C=O) groups is 2. The van der Waals surface area contributed by atoms with Gasteiger partial charge in [-0.1, -0.05) is 0 Å². The number of piperazine rings is 1. The minimum Gasteiger partial charge on any atom is -0.331 e. The number of hydrogen-bond donors (Lipinski definition) is 2. The van der Waals surface area contributed by atoms with Crippen LogP contribution in [-0.2, 0) is 9.59 Å². The highest BCUT2D eigenvalue weighted by Crippen LogP contribution is 2.30. The van der Waals surface area contributed by atoms with Gasteiger partial charge in [-0.25, -0.2) is 0 Å². The first-order chi connectivity index (χ1) is 11.6. The molecule has 1 atom stereocenters. The van der Waals surface area contributed by atoms with Crippen molar-refractivity contribution in [2.45, 2.75) is 25.8 Å². The Morgan fingerprint density at radius 1 is 1.25 bits per heavy atom. The van der Waals surface area contributed by atoms with Crippen LogP contribution in [0.25, 0.3) is 0 Å². The molecule has 0 bridgehead atoms. The quantitative estimate of drug-likeness (QED) is 0.819. The second-order valence-electron chi connectivity index (χ2n) is 6.66. The third-order valence-electron chi connectivity index (χ3n) is 4.93. The summed E-state index contributed by atoms with van der Waals surface area (Å²) in [5.74, 6) is 0.532. The summed E-state index contributed by atoms with van der Waals surface area (Å²) in [5.41, 5.74) is 1.27. The topological polar surface area (TPSA) is 77.6 Å². The van der Waals surface area contributed by atoms with Crippen LogP contribution in [0, 0.1) is 17.2 Å². The van der Waals surface area contributed by atoms with Gasteiger partial charge in [-0.2, -0.15) is 5.26 Å². The number of benzene rings is 1. The predicted octanol–water partition coefficient (Wildman–Crippen LogP) is 0.0224. The molecule has 24 heavy (non-hydrogen) atoms. The predicted molar refractivity (Wildman–Crippen MR) is 89.2 cm³/mol. The van der Waals surface area contributed by atoms with Crippen molar-refractivity contribution in [3.05, 3.63) is 29.8 Å². The Hall–Kier alpha value is -2.39. The lowest BCUT2D eigenvalue weighted by molar-refractivity contribution is -0.917. The van der Waals surface area contributed by atoms with E-state index in [0.29, 0.717) is 17.2 Å². The number of hydrogen-bond acceptors (Lipinski definition) is 3. The van der Waals surface area contributed by atoms with Crippen LogP contribution in [0.15, 0.2) is 24.3 Å². The van der Waals surface area contributed by atoms with E-state index in [1.54, 1.807) is 24.3 Å². The molecule has 6 heteroatoms. The number of nitrogens with one attached hydrogen (secondary N) is 2. The van der Waals surface area contributed by atoms with E-state index in [0.717, 1.165) is 39.0 Å². The van der Waals surface area contributed by atoms with Crippen molar-refractivity contribution < 1.29 is 14.5 Å². The largest absolute Gasteiger partial charge is 0.331 e. The lowest BCUT2D eigenvalue weighted by Crippen LogP contribution is -3.19. The summed E-state index contributed by atoms with van der Waals surface area (Å²) in [5, 5.41) is 11.7. The van der Waals surface area contributed by atoms with Crippen LogP contribution >= 0.6 is 0 Å². The van der Waals surface area contributed by atoms with Crippen molar-refractivity contribution in [2.75, 3.05) is 31.5 Å². The molecule has 2 aliphatic rings. The van der Waals surface area contributed by atoms with Crippen LogP contribution in [0.2, 0.25) is 0 Å². The highest BCUT2D eigenvalue weighted by atomic mass is 16.2. The van der Waals surface area contributed by atoms with Crippen LogP contribution in [-0.4, -0.2) is 48.9 Å². The molecule has 1 saturated carbocycles. The molecule has 6 nitrogen and oxygen atoms in total. The van der Waals surface area contributed by atoms with E-state index in [4.69, 9.17) is 5.26 Å². The molecule has 1 aliphatic carbocycles. The minimum absolute atomic E-state index is 0.0309. The molecule has 1 aromatic rings. The molecule has 1 aromatic carbocycles. The Morgan fingerprint density at radius 2 is 1.88 bits per heavy atom. The van der Waals surface area contributed by atoms with Crippen molar-refractivity contribution in [3.8, 4) is 6.07 Å². The van der Waals surface area contributed by atoms with E-state index in [-0.39, 0.29) is 17.9 Å². The highest BCUT2D eigenvalue weighted by molar-refractivity contribution is 5.93. The molecule has 2 amide bonds. The maximum atomic E-state index is 12.4. The first kappa shape index (κ1) is 16.5. The van der Waals surface area contributed by atoms with Gasteiger partial charge in [0.25, 0.3) is 5.91 Å². The van der Waals surface area contributed by atoms with Crippen molar-refractivity contribution in [2.24, 2.45) is 5.92 Å². The second-order valence-corrected chi connectivity index (χ2v) is 6.66. The molecular formula is C18H23N4O2+. The Bertz CT molecular complexity index is 653. The maximum absolute atomic E-state index is 12.4. The number of carbonyl (C=O) groups excluding carboxylic acids is 2. The molecule has 0 radical (unpaired) electrons. The summed E-state index contributed by atoms with van der Waals surface area (Å²) in [6.45, 7) is 5.01. The van der Waals surface area contributed by atoms with Gasteiger partial charge in [-0.05, 0) is 44.0 Å². The van der Waals surface area contributed by atoms with Gasteiger partial charge in [0, 0.05) is 11.6 Å². The van der Waals surface area contributed by atoms with Crippen molar-refractivity contribution in [1.29, 1.82) is 5.26 Å². The normalized spacial score (nSPS) is 19.4. The number of nitriles is 1. The summed E-state index contributed by atoms with van der Waals surface area (Å²) in [6, 6.07) is 8.75. The first-order valence-electron chi connectivity index (χ1n) is 8.53. The van der Waals surface area contributed by atoms with Crippen LogP contribution in [0.3, 0.4) is 0 Å². The third kappa shape index (κ3) is 3.74. The van der Waals surface area contributed by atoms with Gasteiger partial charge < -0.3 is 15.1 Å². The van der Waals surface area contributed by atoms with Crippen LogP contribution in [0.5, 0.6) is 0 Å². The van der Waals surface area contributed by atoms with Crippen molar-refractivity contribution in [1.82, 2.24) is 4.90 Å². The molecule has 1 saturated heterocycles. The van der Waals surface area contributed by atoms with Gasteiger partial charge in [-0.3, -0.25) is 9.59 Å². The molecule has 0 aromatic heterocycles. The second kappa shape index (κ2) is 7.02. The minimum atomic E-state index is -0.168. The Kier molecular flexibility index (Phi) is 4.81. The Balaban J connectivity index is 1.50. The number of amides is 2. The standard InChI is InChI=1S/C18H22N4O2/c1-13(17(23)20-16-6-2-14(12-19)3-7-16)21-8-10-22(11-9-21)18(24)15-4-5-15/h2-3,6-7,13,15H,4-5,8-11H2,1H3,(H,20,23)/p+1/t13-/m1/s1. The molecule has 126 valence electrons. The average Bonchev–Trinajstić information content (AvgIpc) is 3.46. The first-order valence-corrected chi connectivity index (χ1v) is 8.53. The Morgan fingerprint density at radius 3 is 2.42 bits per heavy atom. The summed E-state index contributed by atoms with van der Waals surface area (Å²) >= 11 is 0. The SMILES string of the molecule is C[C@H](C(=O)Nc1ccc(C#N)cc1)[NH+]1CCN(C(=O)C2CC2)CC1. The van der Waals surface area contributed by atoms with Gasteiger partial charge >= 0.3 is 0 Å². The molecule has 1 heterocycles. The summed E-state index contributed by atoms with van der Waals surface area (Å²) < 4.78 is 0. The summed E-state index contributed by atoms with van der Waals surface area (Å²) in [4.78, 5) is 27.7. The van der Waals surface area contributed by atoms with E-state index < -0.39 is 0 Å². The number of nitrogens with zero attached hydrogens (tertiary/aromatic N) is 2. The van der Waals surface area contributed by atoms with Crippen LogP contribution in [0.4, 0.5) is 5.69 Å². The van der Waals surface area contributed by atoms with E-state index in [1.165, 1.54) is 4.90 Å². The van der Waals surface area contributed by atoms with Gasteiger partial charge in [0.15, 0.2) is 6.04 Å². The van der Waals surface area contributed by atoms with Gasteiger partial charge in [0.05, 0.1) is 37.8 Å².